The number of hydrogen-bond donors (Lipinski definition) is 2. The Balaban J connectivity index is 1.48. The molecule has 2 aromatic carbocycles. The maximum absolute atomic E-state index is 14.0. The molecule has 0 aliphatic carbocycles. The fourth-order valence-electron chi connectivity index (χ4n) is 3.54. The summed E-state index contributed by atoms with van der Waals surface area (Å²) >= 11 is 0. The molecular weight excluding hydrogens is 545 g/mol. The topological polar surface area (TPSA) is 155 Å². The van der Waals surface area contributed by atoms with Crippen molar-refractivity contribution in [3.63, 3.8) is 0 Å². The lowest BCUT2D eigenvalue weighted by molar-refractivity contribution is 0.163. The largest absolute Gasteiger partial charge is 0.493 e. The van der Waals surface area contributed by atoms with Gasteiger partial charge in [-0.05, 0) is 38.5 Å². The van der Waals surface area contributed by atoms with Gasteiger partial charge in [0.25, 0.3) is 0 Å². The second-order valence-electron chi connectivity index (χ2n) is 9.29. The van der Waals surface area contributed by atoms with Crippen LogP contribution in [0.3, 0.4) is 0 Å². The van der Waals surface area contributed by atoms with Crippen LogP contribution in [0.5, 0.6) is 23.1 Å². The van der Waals surface area contributed by atoms with Gasteiger partial charge in [-0.2, -0.15) is 0 Å². The van der Waals surface area contributed by atoms with Crippen LogP contribution in [0.15, 0.2) is 53.3 Å². The number of sulfone groups is 1. The van der Waals surface area contributed by atoms with E-state index in [0.717, 1.165) is 0 Å². The average molecular weight is 574 g/mol. The van der Waals surface area contributed by atoms with Crippen molar-refractivity contribution in [1.82, 2.24) is 15.1 Å². The summed E-state index contributed by atoms with van der Waals surface area (Å²) in [6.45, 7) is 2.79. The van der Waals surface area contributed by atoms with Crippen molar-refractivity contribution in [3.05, 3.63) is 54.6 Å². The van der Waals surface area contributed by atoms with Crippen molar-refractivity contribution in [1.29, 1.82) is 0 Å². The first kappa shape index (κ1) is 28.5. The summed E-state index contributed by atoms with van der Waals surface area (Å²) in [5.41, 5.74) is -0.807. The summed E-state index contributed by atoms with van der Waals surface area (Å²) in [5, 5.41) is 9.30. The zero-order valence-corrected chi connectivity index (χ0v) is 23.0. The smallest absolute Gasteiger partial charge is 0.324 e. The van der Waals surface area contributed by atoms with E-state index < -0.39 is 21.5 Å². The van der Waals surface area contributed by atoms with E-state index >= 15 is 0 Å². The molecule has 2 amide bonds. The molecule has 12 nitrogen and oxygen atoms in total. The first-order valence-electron chi connectivity index (χ1n) is 12.1. The average Bonchev–Trinajstić information content (AvgIpc) is 3.35. The zero-order chi connectivity index (χ0) is 28.9. The highest BCUT2D eigenvalue weighted by molar-refractivity contribution is 7.90. The molecule has 0 bridgehead atoms. The lowest BCUT2D eigenvalue weighted by atomic mass is 10.1. The molecule has 212 valence electrons. The fraction of sp³-hybridized carbons (Fsp3) is 0.308. The van der Waals surface area contributed by atoms with Gasteiger partial charge >= 0.3 is 6.03 Å². The number of nitrogens with zero attached hydrogens (tertiary/aromatic N) is 3. The molecule has 0 spiro atoms. The number of halogens is 1. The highest BCUT2D eigenvalue weighted by Gasteiger charge is 2.25. The number of fused-ring (bicyclic) bond motifs is 1. The Morgan fingerprint density at radius 1 is 1.10 bits per heavy atom. The molecule has 0 radical (unpaired) electrons. The second-order valence-corrected chi connectivity index (χ2v) is 11.5. The Morgan fingerprint density at radius 2 is 1.90 bits per heavy atom. The van der Waals surface area contributed by atoms with Crippen molar-refractivity contribution in [2.75, 3.05) is 36.4 Å². The standard InChI is InChI=1S/C26H28FN5O7S/c1-26(2,27)22-14-23(32-39-22)31-25(33)30-16-7-5-8-17(11-16)38-24-18-12-21(37-9-6-10-40(4,34)35)20(36-3)13-19(18)28-15-29-24/h5,7-8,11-15H,6,9-10H2,1-4H3,(H2,30,31,32,33). The Morgan fingerprint density at radius 3 is 2.60 bits per heavy atom. The van der Waals surface area contributed by atoms with Gasteiger partial charge in [-0.3, -0.25) is 5.32 Å². The maximum atomic E-state index is 14.0. The SMILES string of the molecule is COc1cc2ncnc(Oc3cccc(NC(=O)Nc4cc(C(C)(C)F)on4)c3)c2cc1OCCCS(C)(=O)=O. The number of hydrogen-bond acceptors (Lipinski definition) is 10. The van der Waals surface area contributed by atoms with Crippen LogP contribution in [-0.4, -0.2) is 55.3 Å². The van der Waals surface area contributed by atoms with Gasteiger partial charge in [-0.1, -0.05) is 11.2 Å². The van der Waals surface area contributed by atoms with E-state index in [0.29, 0.717) is 40.3 Å². The summed E-state index contributed by atoms with van der Waals surface area (Å²) in [4.78, 5) is 20.9. The fourth-order valence-corrected chi connectivity index (χ4v) is 4.18. The number of alkyl halides is 1. The van der Waals surface area contributed by atoms with Gasteiger partial charge in [0.05, 0.1) is 30.4 Å². The lowest BCUT2D eigenvalue weighted by Gasteiger charge is -2.14. The number of rotatable bonds is 11. The van der Waals surface area contributed by atoms with Gasteiger partial charge in [-0.15, -0.1) is 0 Å². The van der Waals surface area contributed by atoms with Crippen LogP contribution in [0, 0.1) is 0 Å². The molecule has 40 heavy (non-hydrogen) atoms. The minimum absolute atomic E-state index is 0.00179. The summed E-state index contributed by atoms with van der Waals surface area (Å²) in [5.74, 6) is 1.42. The number of benzene rings is 2. The molecule has 0 aliphatic heterocycles. The quantitative estimate of drug-likeness (QED) is 0.232. The minimum atomic E-state index is -3.10. The molecule has 0 saturated heterocycles. The molecule has 0 saturated carbocycles. The molecule has 0 atom stereocenters. The molecule has 0 unspecified atom stereocenters. The van der Waals surface area contributed by atoms with Crippen LogP contribution in [0.25, 0.3) is 10.9 Å². The van der Waals surface area contributed by atoms with Crippen LogP contribution in [0.4, 0.5) is 20.7 Å². The van der Waals surface area contributed by atoms with Gasteiger partial charge in [0.2, 0.25) is 5.88 Å². The number of urea groups is 1. The van der Waals surface area contributed by atoms with E-state index in [2.05, 4.69) is 25.8 Å². The number of ether oxygens (including phenoxy) is 3. The Hall–Kier alpha value is -4.46. The van der Waals surface area contributed by atoms with Crippen LogP contribution in [-0.2, 0) is 15.5 Å². The predicted molar refractivity (Wildman–Crippen MR) is 146 cm³/mol. The number of amides is 2. The van der Waals surface area contributed by atoms with Crippen molar-refractivity contribution < 1.29 is 36.3 Å². The van der Waals surface area contributed by atoms with E-state index in [9.17, 15) is 17.6 Å². The van der Waals surface area contributed by atoms with Crippen molar-refractivity contribution in [3.8, 4) is 23.1 Å². The Labute approximate surface area is 229 Å². The first-order valence-corrected chi connectivity index (χ1v) is 14.1. The number of carbonyl (C=O) groups is 1. The molecular formula is C26H28FN5O7S. The highest BCUT2D eigenvalue weighted by atomic mass is 32.2. The monoisotopic (exact) mass is 573 g/mol. The first-order chi connectivity index (χ1) is 18.9. The van der Waals surface area contributed by atoms with E-state index in [4.69, 9.17) is 18.7 Å². The Kier molecular flexibility index (Phi) is 8.38. The third kappa shape index (κ3) is 7.56. The third-order valence-corrected chi connectivity index (χ3v) is 6.48. The summed E-state index contributed by atoms with van der Waals surface area (Å²) in [6, 6.07) is 10.6. The molecule has 2 N–H and O–H groups in total. The summed E-state index contributed by atoms with van der Waals surface area (Å²) in [6.07, 6.45) is 2.82. The predicted octanol–water partition coefficient (Wildman–Crippen LogP) is 5.08. The summed E-state index contributed by atoms with van der Waals surface area (Å²) in [7, 11) is -1.62. The third-order valence-electron chi connectivity index (χ3n) is 5.45. The number of aromatic nitrogens is 3. The Bertz CT molecular complexity index is 1620. The van der Waals surface area contributed by atoms with Crippen LogP contribution >= 0.6 is 0 Å². The highest BCUT2D eigenvalue weighted by Crippen LogP contribution is 2.36. The van der Waals surface area contributed by atoms with Crippen molar-refractivity contribution in [2.24, 2.45) is 0 Å². The van der Waals surface area contributed by atoms with E-state index in [1.54, 1.807) is 36.4 Å². The van der Waals surface area contributed by atoms with E-state index in [1.165, 1.54) is 39.6 Å². The zero-order valence-electron chi connectivity index (χ0n) is 22.2. The van der Waals surface area contributed by atoms with Crippen LogP contribution in [0.1, 0.15) is 26.0 Å². The van der Waals surface area contributed by atoms with Gasteiger partial charge < -0.3 is 24.1 Å². The molecule has 4 aromatic rings. The van der Waals surface area contributed by atoms with Gasteiger partial charge in [-0.25, -0.2) is 27.6 Å². The van der Waals surface area contributed by atoms with E-state index in [1.807, 2.05) is 0 Å². The van der Waals surface area contributed by atoms with Gasteiger partial charge in [0, 0.05) is 30.1 Å². The molecule has 4 rings (SSSR count). The van der Waals surface area contributed by atoms with Crippen LogP contribution < -0.4 is 24.8 Å². The number of anilines is 2. The number of nitrogens with one attached hydrogen (secondary N) is 2. The molecule has 14 heteroatoms. The normalized spacial score (nSPS) is 11.7. The molecule has 2 aromatic heterocycles. The summed E-state index contributed by atoms with van der Waals surface area (Å²) < 4.78 is 58.9. The van der Waals surface area contributed by atoms with E-state index in [-0.39, 0.29) is 29.8 Å². The number of carbonyl (C=O) groups excluding carboxylic acids is 1. The molecule has 0 fully saturated rings. The van der Waals surface area contributed by atoms with Gasteiger partial charge in [0.1, 0.15) is 21.9 Å². The van der Waals surface area contributed by atoms with Crippen molar-refractivity contribution in [2.45, 2.75) is 25.9 Å². The maximum Gasteiger partial charge on any atom is 0.324 e. The lowest BCUT2D eigenvalue weighted by Crippen LogP contribution is -2.19. The second kappa shape index (κ2) is 11.7. The van der Waals surface area contributed by atoms with Crippen molar-refractivity contribution >= 4 is 38.3 Å². The van der Waals surface area contributed by atoms with Crippen LogP contribution in [0.2, 0.25) is 0 Å². The molecule has 0 aliphatic rings. The molecule has 2 heterocycles. The van der Waals surface area contributed by atoms with Gasteiger partial charge in [0.15, 0.2) is 28.7 Å². The minimum Gasteiger partial charge on any atom is -0.493 e. The number of methoxy groups -OCH3 is 1.